The van der Waals surface area contributed by atoms with Gasteiger partial charge in [-0.1, -0.05) is 35.4 Å². The molecular weight excluding hydrogens is 304 g/mol. The van der Waals surface area contributed by atoms with E-state index in [-0.39, 0.29) is 11.3 Å². The minimum absolute atomic E-state index is 0.152. The zero-order chi connectivity index (χ0) is 17.3. The molecule has 0 fully saturated rings. The van der Waals surface area contributed by atoms with Crippen LogP contribution < -0.4 is 15.7 Å². The molecular formula is C19H18N2O3. The van der Waals surface area contributed by atoms with Crippen molar-refractivity contribution in [3.8, 4) is 0 Å². The van der Waals surface area contributed by atoms with Crippen molar-refractivity contribution in [1.82, 2.24) is 4.73 Å². The lowest BCUT2D eigenvalue weighted by molar-refractivity contribution is 0.0952. The van der Waals surface area contributed by atoms with Crippen LogP contribution in [-0.4, -0.2) is 17.7 Å². The molecule has 0 saturated heterocycles. The SMILES string of the molecule is COn1c(C(=O)Nc2ccc(C)cc2)cc2ccc(C)cc2c1=O. The Hall–Kier alpha value is -3.08. The van der Waals surface area contributed by atoms with Crippen LogP contribution in [0.25, 0.3) is 10.8 Å². The summed E-state index contributed by atoms with van der Waals surface area (Å²) < 4.78 is 1.02. The molecule has 0 atom stereocenters. The van der Waals surface area contributed by atoms with Crippen LogP contribution in [0.1, 0.15) is 21.6 Å². The molecule has 0 saturated carbocycles. The molecule has 24 heavy (non-hydrogen) atoms. The fourth-order valence-corrected chi connectivity index (χ4v) is 2.58. The number of fused-ring (bicyclic) bond motifs is 1. The van der Waals surface area contributed by atoms with Crippen molar-refractivity contribution in [3.05, 3.63) is 75.7 Å². The van der Waals surface area contributed by atoms with Gasteiger partial charge in [0.05, 0.1) is 5.39 Å². The highest BCUT2D eigenvalue weighted by Gasteiger charge is 2.16. The summed E-state index contributed by atoms with van der Waals surface area (Å²) in [5.74, 6) is -0.403. The molecule has 0 unspecified atom stereocenters. The van der Waals surface area contributed by atoms with E-state index in [1.54, 1.807) is 12.1 Å². The topological polar surface area (TPSA) is 60.3 Å². The van der Waals surface area contributed by atoms with Gasteiger partial charge in [-0.05, 0) is 43.5 Å². The predicted molar refractivity (Wildman–Crippen MR) is 94.6 cm³/mol. The average Bonchev–Trinajstić information content (AvgIpc) is 2.57. The van der Waals surface area contributed by atoms with Crippen LogP contribution >= 0.6 is 0 Å². The number of nitrogens with one attached hydrogen (secondary N) is 1. The first kappa shape index (κ1) is 15.8. The standard InChI is InChI=1S/C19H18N2O3/c1-12-5-8-15(9-6-12)20-18(22)17-11-14-7-4-13(2)10-16(14)19(23)21(17)24-3/h4-11H,1-3H3,(H,20,22). The van der Waals surface area contributed by atoms with Crippen LogP contribution in [0.4, 0.5) is 5.69 Å². The number of aryl methyl sites for hydroxylation is 2. The third kappa shape index (κ3) is 2.88. The summed E-state index contributed by atoms with van der Waals surface area (Å²) in [6, 6.07) is 14.6. The van der Waals surface area contributed by atoms with Crippen molar-refractivity contribution < 1.29 is 9.63 Å². The first-order chi connectivity index (χ1) is 11.5. The minimum atomic E-state index is -0.403. The molecule has 1 heterocycles. The van der Waals surface area contributed by atoms with Gasteiger partial charge in [-0.3, -0.25) is 9.59 Å². The number of carbonyl (C=O) groups excluding carboxylic acids is 1. The molecule has 1 amide bonds. The van der Waals surface area contributed by atoms with Gasteiger partial charge in [-0.15, -0.1) is 4.73 Å². The van der Waals surface area contributed by atoms with Crippen LogP contribution in [-0.2, 0) is 0 Å². The summed E-state index contributed by atoms with van der Waals surface area (Å²) in [4.78, 5) is 30.3. The number of rotatable bonds is 3. The first-order valence-electron chi connectivity index (χ1n) is 7.58. The van der Waals surface area contributed by atoms with E-state index in [0.29, 0.717) is 16.5 Å². The van der Waals surface area contributed by atoms with E-state index < -0.39 is 5.91 Å². The molecule has 0 radical (unpaired) electrons. The summed E-state index contributed by atoms with van der Waals surface area (Å²) in [6.45, 7) is 3.88. The van der Waals surface area contributed by atoms with Gasteiger partial charge in [-0.2, -0.15) is 0 Å². The van der Waals surface area contributed by atoms with Gasteiger partial charge in [-0.25, -0.2) is 0 Å². The number of hydrogen-bond acceptors (Lipinski definition) is 3. The normalized spacial score (nSPS) is 10.6. The molecule has 1 N–H and O–H groups in total. The Labute approximate surface area is 139 Å². The maximum Gasteiger partial charge on any atom is 0.291 e. The van der Waals surface area contributed by atoms with E-state index in [1.807, 2.05) is 50.2 Å². The van der Waals surface area contributed by atoms with Crippen LogP contribution in [0.3, 0.4) is 0 Å². The number of aromatic nitrogens is 1. The third-order valence-electron chi connectivity index (χ3n) is 3.86. The average molecular weight is 322 g/mol. The van der Waals surface area contributed by atoms with Gasteiger partial charge in [0, 0.05) is 5.69 Å². The Morgan fingerprint density at radius 2 is 1.67 bits per heavy atom. The van der Waals surface area contributed by atoms with Crippen molar-refractivity contribution in [3.63, 3.8) is 0 Å². The Kier molecular flexibility index (Phi) is 4.08. The monoisotopic (exact) mass is 322 g/mol. The number of hydrogen-bond donors (Lipinski definition) is 1. The van der Waals surface area contributed by atoms with E-state index >= 15 is 0 Å². The Bertz CT molecular complexity index is 972. The van der Waals surface area contributed by atoms with Gasteiger partial charge in [0.1, 0.15) is 12.8 Å². The second kappa shape index (κ2) is 6.20. The molecule has 0 aliphatic carbocycles. The second-order valence-electron chi connectivity index (χ2n) is 5.72. The molecule has 0 bridgehead atoms. The van der Waals surface area contributed by atoms with E-state index in [9.17, 15) is 9.59 Å². The Morgan fingerprint density at radius 3 is 2.33 bits per heavy atom. The number of benzene rings is 2. The van der Waals surface area contributed by atoms with E-state index in [4.69, 9.17) is 4.84 Å². The predicted octanol–water partition coefficient (Wildman–Crippen LogP) is 2.93. The van der Waals surface area contributed by atoms with E-state index in [2.05, 4.69) is 5.32 Å². The number of pyridine rings is 1. The molecule has 0 spiro atoms. The van der Waals surface area contributed by atoms with Crippen molar-refractivity contribution >= 4 is 22.4 Å². The number of carbonyl (C=O) groups is 1. The van der Waals surface area contributed by atoms with Crippen LogP contribution in [0.15, 0.2) is 53.3 Å². The molecule has 0 aliphatic heterocycles. The van der Waals surface area contributed by atoms with Crippen molar-refractivity contribution in [2.45, 2.75) is 13.8 Å². The molecule has 2 aromatic carbocycles. The number of anilines is 1. The van der Waals surface area contributed by atoms with E-state index in [0.717, 1.165) is 15.9 Å². The van der Waals surface area contributed by atoms with Crippen LogP contribution in [0.5, 0.6) is 0 Å². The first-order valence-corrected chi connectivity index (χ1v) is 7.58. The van der Waals surface area contributed by atoms with Crippen molar-refractivity contribution in [1.29, 1.82) is 0 Å². The quantitative estimate of drug-likeness (QED) is 0.806. The molecule has 0 aliphatic rings. The fourth-order valence-electron chi connectivity index (χ4n) is 2.58. The molecule has 122 valence electrons. The lowest BCUT2D eigenvalue weighted by atomic mass is 10.1. The zero-order valence-electron chi connectivity index (χ0n) is 13.8. The van der Waals surface area contributed by atoms with E-state index in [1.165, 1.54) is 7.11 Å². The van der Waals surface area contributed by atoms with Crippen LogP contribution in [0, 0.1) is 13.8 Å². The highest BCUT2D eigenvalue weighted by Crippen LogP contribution is 2.16. The second-order valence-corrected chi connectivity index (χ2v) is 5.72. The molecule has 1 aromatic heterocycles. The summed E-state index contributed by atoms with van der Waals surface area (Å²) in [7, 11) is 1.37. The Balaban J connectivity index is 2.07. The molecule has 5 nitrogen and oxygen atoms in total. The lowest BCUT2D eigenvalue weighted by Gasteiger charge is -2.13. The van der Waals surface area contributed by atoms with Crippen LogP contribution in [0.2, 0.25) is 0 Å². The molecule has 3 rings (SSSR count). The number of amides is 1. The lowest BCUT2D eigenvalue weighted by Crippen LogP contribution is -2.32. The largest absolute Gasteiger partial charge is 0.413 e. The number of nitrogens with zero attached hydrogens (tertiary/aromatic N) is 1. The van der Waals surface area contributed by atoms with Crippen molar-refractivity contribution in [2.24, 2.45) is 0 Å². The smallest absolute Gasteiger partial charge is 0.291 e. The third-order valence-corrected chi connectivity index (χ3v) is 3.86. The fraction of sp³-hybridized carbons (Fsp3) is 0.158. The highest BCUT2D eigenvalue weighted by atomic mass is 16.6. The summed E-state index contributed by atoms with van der Waals surface area (Å²) in [5, 5.41) is 4.00. The summed E-state index contributed by atoms with van der Waals surface area (Å²) in [5.41, 5.74) is 2.53. The maximum atomic E-state index is 12.6. The molecule has 5 heteroatoms. The molecule has 3 aromatic rings. The zero-order valence-corrected chi connectivity index (χ0v) is 13.8. The summed E-state index contributed by atoms with van der Waals surface area (Å²) >= 11 is 0. The van der Waals surface area contributed by atoms with Gasteiger partial charge in [0.25, 0.3) is 11.5 Å². The minimum Gasteiger partial charge on any atom is -0.413 e. The van der Waals surface area contributed by atoms with Crippen molar-refractivity contribution in [2.75, 3.05) is 12.4 Å². The van der Waals surface area contributed by atoms with Gasteiger partial charge in [0.15, 0.2) is 0 Å². The highest BCUT2D eigenvalue weighted by molar-refractivity contribution is 6.05. The van der Waals surface area contributed by atoms with Gasteiger partial charge >= 0.3 is 0 Å². The Morgan fingerprint density at radius 1 is 1.00 bits per heavy atom. The van der Waals surface area contributed by atoms with Gasteiger partial charge < -0.3 is 10.2 Å². The summed E-state index contributed by atoms with van der Waals surface area (Å²) in [6.07, 6.45) is 0. The van der Waals surface area contributed by atoms with Gasteiger partial charge in [0.2, 0.25) is 0 Å². The maximum absolute atomic E-state index is 12.6.